The molecule has 22 nitrogen and oxygen atoms in total. The topological polar surface area (TPSA) is 320 Å². The number of hydrogen-bond donors (Lipinski definition) is 7. The van der Waals surface area contributed by atoms with Crippen LogP contribution >= 0.6 is 11.3 Å². The molecule has 5 aromatic rings. The van der Waals surface area contributed by atoms with Crippen LogP contribution in [0.2, 0.25) is 0 Å². The fourth-order valence-electron chi connectivity index (χ4n) is 12.8. The molecule has 0 bridgehead atoms. The Kier molecular flexibility index (Phi) is 15.9. The quantitative estimate of drug-likeness (QED) is 0.0573. The van der Waals surface area contributed by atoms with Crippen LogP contribution in [0, 0.1) is 28.6 Å². The summed E-state index contributed by atoms with van der Waals surface area (Å²) in [5.41, 5.74) is 1.73. The van der Waals surface area contributed by atoms with E-state index in [1.54, 1.807) is 85.1 Å². The molecule has 4 amide bonds. The number of hydrogen-bond acceptors (Lipinski definition) is 18. The number of carboxylic acids is 1. The first kappa shape index (κ1) is 55.4. The summed E-state index contributed by atoms with van der Waals surface area (Å²) in [6.45, 7) is 2.77. The molecule has 1 aliphatic heterocycles. The molecular weight excluding hydrogens is 1050 g/mol. The van der Waals surface area contributed by atoms with E-state index in [2.05, 4.69) is 53.6 Å². The number of thiazole rings is 1. The number of aromatic nitrogens is 5. The second kappa shape index (κ2) is 23.0. The SMILES string of the molecule is C[C@]12C=CC(=O)C=C1CC[C@@H]1[C@@H]2[C@@H](O)C[C@@]2(C)[C@H]1C[C@H]1O[C@@H](c3cnc(Cc4cccc(NC(=O)OCc5ccc(NC(=O)[C@H](CCC(=O)O)NC(=O)CNC(=O)Cc6ccc(-c7nncnn7)cc6)cc5)c4)s3)O[C@]12C(=O)CO. The third-order valence-electron chi connectivity index (χ3n) is 16.4. The smallest absolute Gasteiger partial charge is 0.411 e. The van der Waals surface area contributed by atoms with Crippen molar-refractivity contribution in [1.82, 2.24) is 36.0 Å². The maximum atomic E-state index is 14.0. The number of benzene rings is 3. The fraction of sp³-hybridized carbons (Fsp3) is 0.404. The van der Waals surface area contributed by atoms with Gasteiger partial charge in [0.25, 0.3) is 0 Å². The van der Waals surface area contributed by atoms with E-state index < -0.39 is 96.1 Å². The number of amides is 4. The number of carbonyl (C=O) groups excluding carboxylic acids is 6. The summed E-state index contributed by atoms with van der Waals surface area (Å²) >= 11 is 1.36. The molecule has 2 aromatic heterocycles. The largest absolute Gasteiger partial charge is 0.481 e. The van der Waals surface area contributed by atoms with Gasteiger partial charge < -0.3 is 45.5 Å². The number of Topliss-reactive ketones (excluding diaryl/α,β-unsaturated/α-hetero) is 1. The first-order valence-electron chi connectivity index (χ1n) is 26.3. The zero-order valence-corrected chi connectivity index (χ0v) is 44.5. The molecule has 4 fully saturated rings. The van der Waals surface area contributed by atoms with Gasteiger partial charge in [0.1, 0.15) is 19.3 Å². The Morgan fingerprint density at radius 1 is 0.925 bits per heavy atom. The van der Waals surface area contributed by atoms with E-state index in [1.807, 2.05) is 19.1 Å². The molecule has 23 heteroatoms. The Labute approximate surface area is 462 Å². The standard InChI is InChI=1S/C57H59N9O13S/c1-55-19-18-38(68)23-35(55)12-15-39-40-24-45-57(44(70)28-67,56(40,2)25-42(69)50(39)55)79-53(78-45)43-26-59-48(80-43)22-33-4-3-5-37(20-33)63-54(76)77-29-32-8-13-36(14-9-32)62-52(75)41(16-17-49(73)74)64-47(72)27-58-46(71)21-31-6-10-34(11-7-31)51-65-60-30-61-66-51/h3-11,13-14,18-20,23,26,30,39-42,45,50,53,67,69H,12,15-17,21-22,24-25,27-29H2,1-2H3,(H,58,71)(H,62,75)(H,63,76)(H,64,72)(H,73,74)/t39-,40-,41-,42-,45+,50+,53+,55-,56-,57+/m0/s1. The molecule has 4 aliphatic carbocycles. The van der Waals surface area contributed by atoms with Gasteiger partial charge in [0.05, 0.1) is 35.1 Å². The molecule has 3 aromatic carbocycles. The minimum atomic E-state index is -1.49. The first-order chi connectivity index (χ1) is 38.4. The molecule has 3 heterocycles. The van der Waals surface area contributed by atoms with Gasteiger partial charge in [-0.3, -0.25) is 34.1 Å². The van der Waals surface area contributed by atoms with Crippen molar-refractivity contribution in [3.63, 3.8) is 0 Å². The molecular formula is C57H59N9O13S. The summed E-state index contributed by atoms with van der Waals surface area (Å²) in [6, 6.07) is 19.1. The number of anilines is 2. The van der Waals surface area contributed by atoms with Gasteiger partial charge in [-0.05, 0) is 97.0 Å². The minimum absolute atomic E-state index is 0.0335. The first-order valence-corrected chi connectivity index (χ1v) is 27.1. The summed E-state index contributed by atoms with van der Waals surface area (Å²) < 4.78 is 18.9. The predicted octanol–water partition coefficient (Wildman–Crippen LogP) is 4.98. The predicted molar refractivity (Wildman–Crippen MR) is 286 cm³/mol. The van der Waals surface area contributed by atoms with E-state index in [-0.39, 0.29) is 49.4 Å². The Bertz CT molecular complexity index is 3270. The third kappa shape index (κ3) is 11.3. The van der Waals surface area contributed by atoms with Crippen molar-refractivity contribution in [3.8, 4) is 11.4 Å². The number of aliphatic carboxylic acids is 1. The molecule has 0 radical (unpaired) electrons. The number of rotatable bonds is 19. The van der Waals surface area contributed by atoms with Crippen LogP contribution in [0.5, 0.6) is 0 Å². The lowest BCUT2D eigenvalue weighted by Gasteiger charge is -2.59. The number of allylic oxidation sites excluding steroid dienone is 4. The molecule has 10 rings (SSSR count). The normalized spacial score (nSPS) is 26.6. The number of ketones is 2. The summed E-state index contributed by atoms with van der Waals surface area (Å²) in [4.78, 5) is 94.8. The maximum Gasteiger partial charge on any atom is 0.411 e. The average molecular weight is 1110 g/mol. The summed E-state index contributed by atoms with van der Waals surface area (Å²) in [5, 5.41) is 58.0. The molecule has 1 saturated heterocycles. The van der Waals surface area contributed by atoms with Gasteiger partial charge >= 0.3 is 12.1 Å². The van der Waals surface area contributed by atoms with E-state index in [9.17, 15) is 48.9 Å². The molecule has 0 spiro atoms. The number of aliphatic hydroxyl groups is 2. The zero-order chi connectivity index (χ0) is 56.3. The highest BCUT2D eigenvalue weighted by atomic mass is 32.1. The van der Waals surface area contributed by atoms with Crippen molar-refractivity contribution in [3.05, 3.63) is 136 Å². The van der Waals surface area contributed by atoms with Crippen molar-refractivity contribution < 1.29 is 63.1 Å². The number of aliphatic hydroxyl groups excluding tert-OH is 2. The van der Waals surface area contributed by atoms with E-state index in [1.165, 1.54) is 17.7 Å². The second-order valence-electron chi connectivity index (χ2n) is 21.3. The molecule has 416 valence electrons. The second-order valence-corrected chi connectivity index (χ2v) is 22.5. The van der Waals surface area contributed by atoms with Crippen LogP contribution < -0.4 is 21.3 Å². The summed E-state index contributed by atoms with van der Waals surface area (Å²) in [7, 11) is 0. The highest BCUT2D eigenvalue weighted by Gasteiger charge is 2.76. The highest BCUT2D eigenvalue weighted by molar-refractivity contribution is 7.11. The Morgan fingerprint density at radius 3 is 2.44 bits per heavy atom. The Hall–Kier alpha value is -7.96. The van der Waals surface area contributed by atoms with Gasteiger partial charge in [-0.2, -0.15) is 0 Å². The minimum Gasteiger partial charge on any atom is -0.481 e. The lowest BCUT2D eigenvalue weighted by Crippen LogP contribution is -2.63. The van der Waals surface area contributed by atoms with Crippen molar-refractivity contribution in [1.29, 1.82) is 0 Å². The zero-order valence-electron chi connectivity index (χ0n) is 43.7. The monoisotopic (exact) mass is 1110 g/mol. The van der Waals surface area contributed by atoms with Gasteiger partial charge in [-0.1, -0.05) is 74.0 Å². The molecule has 5 aliphatic rings. The van der Waals surface area contributed by atoms with Crippen molar-refractivity contribution >= 4 is 64.1 Å². The van der Waals surface area contributed by atoms with Gasteiger partial charge in [0.15, 0.2) is 29.8 Å². The highest BCUT2D eigenvalue weighted by Crippen LogP contribution is 2.70. The number of nitrogens with zero attached hydrogens (tertiary/aromatic N) is 5. The molecule has 10 atom stereocenters. The fourth-order valence-corrected chi connectivity index (χ4v) is 13.7. The van der Waals surface area contributed by atoms with Gasteiger partial charge in [-0.25, -0.2) is 9.78 Å². The summed E-state index contributed by atoms with van der Waals surface area (Å²) in [5.74, 6) is -3.37. The number of fused-ring (bicyclic) bond motifs is 7. The number of carboxylic acid groups (broad SMARTS) is 1. The van der Waals surface area contributed by atoms with Crippen LogP contribution in [0.4, 0.5) is 16.2 Å². The Balaban J connectivity index is 0.689. The number of carbonyl (C=O) groups is 7. The van der Waals surface area contributed by atoms with Gasteiger partial charge in [0, 0.05) is 52.7 Å². The van der Waals surface area contributed by atoms with Crippen molar-refractivity contribution in [2.24, 2.45) is 28.6 Å². The van der Waals surface area contributed by atoms with E-state index in [0.29, 0.717) is 58.0 Å². The number of nitrogens with one attached hydrogen (secondary N) is 4. The van der Waals surface area contributed by atoms with Gasteiger partial charge in [0.2, 0.25) is 23.5 Å². The third-order valence-corrected chi connectivity index (χ3v) is 17.5. The molecule has 0 unspecified atom stereocenters. The lowest BCUT2D eigenvalue weighted by molar-refractivity contribution is -0.200. The van der Waals surface area contributed by atoms with Crippen molar-refractivity contribution in [2.45, 2.75) is 102 Å². The van der Waals surface area contributed by atoms with E-state index in [4.69, 9.17) is 14.2 Å². The molecule has 3 saturated carbocycles. The van der Waals surface area contributed by atoms with Crippen LogP contribution in [-0.4, -0.2) is 119 Å². The average Bonchev–Trinajstić information content (AvgIpc) is 3.38. The van der Waals surface area contributed by atoms with Crippen LogP contribution in [0.1, 0.15) is 85.2 Å². The lowest BCUT2D eigenvalue weighted by atomic mass is 9.46. The number of ether oxygens (including phenoxy) is 3. The van der Waals surface area contributed by atoms with E-state index >= 15 is 0 Å². The maximum absolute atomic E-state index is 14.0. The summed E-state index contributed by atoms with van der Waals surface area (Å²) in [6.07, 6.45) is 6.98. The molecule has 7 N–H and O–H groups in total. The van der Waals surface area contributed by atoms with Crippen LogP contribution in [0.3, 0.4) is 0 Å². The molecule has 80 heavy (non-hydrogen) atoms. The van der Waals surface area contributed by atoms with E-state index in [0.717, 1.165) is 22.6 Å². The van der Waals surface area contributed by atoms with Crippen LogP contribution in [0.15, 0.2) is 109 Å². The Morgan fingerprint density at radius 2 is 1.69 bits per heavy atom. The van der Waals surface area contributed by atoms with Crippen LogP contribution in [0.25, 0.3) is 11.4 Å². The van der Waals surface area contributed by atoms with Crippen molar-refractivity contribution in [2.75, 3.05) is 23.8 Å². The van der Waals surface area contributed by atoms with Crippen LogP contribution in [-0.2, 0) is 62.4 Å². The van der Waals surface area contributed by atoms with Gasteiger partial charge in [-0.15, -0.1) is 31.7 Å².